The molecule has 2 heterocycles. The molecule has 0 saturated carbocycles. The average molecular weight is 300 g/mol. The standard InChI is InChI=1S/C12H18ClN5S/c1-8-5-3-4-6-18(8)10-7-9(13)15-11(16-10)17-12(19)14-2/h7-8H,3-6H2,1-2H3,(H2,14,15,16,17,19)/t8-/m1/s1. The third kappa shape index (κ3) is 3.67. The summed E-state index contributed by atoms with van der Waals surface area (Å²) in [4.78, 5) is 10.9. The Bertz CT molecular complexity index is 467. The Morgan fingerprint density at radius 3 is 2.95 bits per heavy atom. The summed E-state index contributed by atoms with van der Waals surface area (Å²) in [5, 5.41) is 6.63. The van der Waals surface area contributed by atoms with E-state index in [1.807, 2.05) is 0 Å². The van der Waals surface area contributed by atoms with Crippen LogP contribution in [0.25, 0.3) is 0 Å². The van der Waals surface area contributed by atoms with Gasteiger partial charge in [0.2, 0.25) is 5.95 Å². The van der Waals surface area contributed by atoms with E-state index in [1.165, 1.54) is 19.3 Å². The third-order valence-electron chi connectivity index (χ3n) is 3.23. The highest BCUT2D eigenvalue weighted by molar-refractivity contribution is 7.80. The van der Waals surface area contributed by atoms with Crippen molar-refractivity contribution in [2.24, 2.45) is 0 Å². The van der Waals surface area contributed by atoms with E-state index in [0.717, 1.165) is 12.4 Å². The lowest BCUT2D eigenvalue weighted by atomic mass is 10.0. The Morgan fingerprint density at radius 2 is 2.26 bits per heavy atom. The first kappa shape index (κ1) is 14.3. The lowest BCUT2D eigenvalue weighted by Crippen LogP contribution is -2.38. The number of hydrogen-bond acceptors (Lipinski definition) is 4. The van der Waals surface area contributed by atoms with Gasteiger partial charge in [-0.15, -0.1) is 0 Å². The number of nitrogens with one attached hydrogen (secondary N) is 2. The van der Waals surface area contributed by atoms with Crippen molar-refractivity contribution >= 4 is 40.7 Å². The molecule has 0 amide bonds. The molecular formula is C12H18ClN5S. The molecule has 0 aliphatic carbocycles. The number of piperidine rings is 1. The van der Waals surface area contributed by atoms with Gasteiger partial charge < -0.3 is 15.5 Å². The van der Waals surface area contributed by atoms with E-state index in [0.29, 0.717) is 22.3 Å². The minimum absolute atomic E-state index is 0.421. The molecule has 1 saturated heterocycles. The van der Waals surface area contributed by atoms with Crippen molar-refractivity contribution in [1.29, 1.82) is 0 Å². The molecule has 1 aromatic heterocycles. The molecule has 2 N–H and O–H groups in total. The zero-order chi connectivity index (χ0) is 13.8. The molecule has 1 fully saturated rings. The second-order valence-corrected chi connectivity index (χ2v) is 5.41. The summed E-state index contributed by atoms with van der Waals surface area (Å²) in [6, 6.07) is 2.28. The zero-order valence-electron chi connectivity index (χ0n) is 11.1. The van der Waals surface area contributed by atoms with Crippen molar-refractivity contribution in [2.75, 3.05) is 23.8 Å². The quantitative estimate of drug-likeness (QED) is 0.646. The molecule has 7 heteroatoms. The molecule has 19 heavy (non-hydrogen) atoms. The van der Waals surface area contributed by atoms with Crippen molar-refractivity contribution < 1.29 is 0 Å². The maximum absolute atomic E-state index is 6.06. The van der Waals surface area contributed by atoms with Crippen LogP contribution in [0, 0.1) is 0 Å². The second-order valence-electron chi connectivity index (χ2n) is 4.61. The highest BCUT2D eigenvalue weighted by Crippen LogP contribution is 2.25. The first-order chi connectivity index (χ1) is 9.10. The molecule has 104 valence electrons. The van der Waals surface area contributed by atoms with Gasteiger partial charge in [0.15, 0.2) is 5.11 Å². The minimum Gasteiger partial charge on any atom is -0.365 e. The SMILES string of the molecule is CNC(=S)Nc1nc(Cl)cc(N2CCCC[C@H]2C)n1. The summed E-state index contributed by atoms with van der Waals surface area (Å²) in [5.41, 5.74) is 0. The van der Waals surface area contributed by atoms with Crippen LogP contribution in [0.5, 0.6) is 0 Å². The molecule has 5 nitrogen and oxygen atoms in total. The Hall–Kier alpha value is -1.14. The number of thiocarbonyl (C=S) groups is 1. The fraction of sp³-hybridized carbons (Fsp3) is 0.583. The van der Waals surface area contributed by atoms with E-state index in [9.17, 15) is 0 Å². The first-order valence-electron chi connectivity index (χ1n) is 6.40. The lowest BCUT2D eigenvalue weighted by molar-refractivity contribution is 0.481. The first-order valence-corrected chi connectivity index (χ1v) is 7.18. The summed E-state index contributed by atoms with van der Waals surface area (Å²) in [6.45, 7) is 3.21. The third-order valence-corrected chi connectivity index (χ3v) is 3.73. The predicted molar refractivity (Wildman–Crippen MR) is 83.0 cm³/mol. The summed E-state index contributed by atoms with van der Waals surface area (Å²) >= 11 is 11.1. The van der Waals surface area contributed by atoms with Crippen molar-refractivity contribution in [3.05, 3.63) is 11.2 Å². The molecule has 0 aromatic carbocycles. The summed E-state index contributed by atoms with van der Waals surface area (Å²) < 4.78 is 0. The van der Waals surface area contributed by atoms with Gasteiger partial charge >= 0.3 is 0 Å². The number of halogens is 1. The van der Waals surface area contributed by atoms with Gasteiger partial charge in [-0.25, -0.2) is 4.98 Å². The fourth-order valence-electron chi connectivity index (χ4n) is 2.21. The van der Waals surface area contributed by atoms with Crippen LogP contribution in [0.15, 0.2) is 6.07 Å². The van der Waals surface area contributed by atoms with E-state index in [1.54, 1.807) is 13.1 Å². The molecule has 0 spiro atoms. The highest BCUT2D eigenvalue weighted by Gasteiger charge is 2.20. The normalized spacial score (nSPS) is 19.1. The molecule has 1 aliphatic rings. The van der Waals surface area contributed by atoms with Crippen LogP contribution in [-0.2, 0) is 0 Å². The largest absolute Gasteiger partial charge is 0.365 e. The van der Waals surface area contributed by atoms with E-state index in [-0.39, 0.29) is 0 Å². The molecule has 0 radical (unpaired) electrons. The Kier molecular flexibility index (Phi) is 4.76. The van der Waals surface area contributed by atoms with Crippen LogP contribution in [-0.4, -0.2) is 34.7 Å². The number of anilines is 2. The number of rotatable bonds is 2. The summed E-state index contributed by atoms with van der Waals surface area (Å²) in [5.74, 6) is 1.29. The van der Waals surface area contributed by atoms with Gasteiger partial charge in [-0.2, -0.15) is 4.98 Å². The highest BCUT2D eigenvalue weighted by atomic mass is 35.5. The van der Waals surface area contributed by atoms with Gasteiger partial charge in [0, 0.05) is 25.7 Å². The van der Waals surface area contributed by atoms with E-state index < -0.39 is 0 Å². The summed E-state index contributed by atoms with van der Waals surface area (Å²) in [6.07, 6.45) is 3.63. The molecule has 2 rings (SSSR count). The van der Waals surface area contributed by atoms with E-state index >= 15 is 0 Å². The average Bonchev–Trinajstić information content (AvgIpc) is 2.38. The maximum atomic E-state index is 6.06. The number of nitrogens with zero attached hydrogens (tertiary/aromatic N) is 3. The topological polar surface area (TPSA) is 53.1 Å². The van der Waals surface area contributed by atoms with Crippen LogP contribution in [0.4, 0.5) is 11.8 Å². The smallest absolute Gasteiger partial charge is 0.232 e. The van der Waals surface area contributed by atoms with Gasteiger partial charge in [0.25, 0.3) is 0 Å². The van der Waals surface area contributed by atoms with E-state index in [4.69, 9.17) is 23.8 Å². The van der Waals surface area contributed by atoms with Gasteiger partial charge in [-0.3, -0.25) is 0 Å². The fourth-order valence-corrected chi connectivity index (χ4v) is 2.48. The van der Waals surface area contributed by atoms with Crippen LogP contribution in [0.2, 0.25) is 5.15 Å². The summed E-state index contributed by atoms with van der Waals surface area (Å²) in [7, 11) is 1.74. The van der Waals surface area contributed by atoms with Crippen molar-refractivity contribution in [2.45, 2.75) is 32.2 Å². The Balaban J connectivity index is 2.22. The molecule has 0 unspecified atom stereocenters. The van der Waals surface area contributed by atoms with Crippen molar-refractivity contribution in [1.82, 2.24) is 15.3 Å². The van der Waals surface area contributed by atoms with Crippen LogP contribution in [0.1, 0.15) is 26.2 Å². The van der Waals surface area contributed by atoms with Gasteiger partial charge in [0.1, 0.15) is 11.0 Å². The maximum Gasteiger partial charge on any atom is 0.232 e. The Labute approximate surface area is 123 Å². The Morgan fingerprint density at radius 1 is 1.47 bits per heavy atom. The van der Waals surface area contributed by atoms with Gasteiger partial charge in [-0.05, 0) is 38.4 Å². The molecular weight excluding hydrogens is 282 g/mol. The molecule has 1 aliphatic heterocycles. The molecule has 0 bridgehead atoms. The van der Waals surface area contributed by atoms with Crippen LogP contribution < -0.4 is 15.5 Å². The minimum atomic E-state index is 0.421. The molecule has 1 aromatic rings. The second kappa shape index (κ2) is 6.34. The predicted octanol–water partition coefficient (Wildman–Crippen LogP) is 2.43. The monoisotopic (exact) mass is 299 g/mol. The number of aromatic nitrogens is 2. The zero-order valence-corrected chi connectivity index (χ0v) is 12.7. The van der Waals surface area contributed by atoms with Crippen molar-refractivity contribution in [3.8, 4) is 0 Å². The van der Waals surface area contributed by atoms with Crippen molar-refractivity contribution in [3.63, 3.8) is 0 Å². The van der Waals surface area contributed by atoms with Gasteiger partial charge in [0.05, 0.1) is 0 Å². The lowest BCUT2D eigenvalue weighted by Gasteiger charge is -2.34. The molecule has 1 atom stereocenters. The number of hydrogen-bond donors (Lipinski definition) is 2. The van der Waals surface area contributed by atoms with Crippen LogP contribution in [0.3, 0.4) is 0 Å². The van der Waals surface area contributed by atoms with Crippen LogP contribution >= 0.6 is 23.8 Å². The van der Waals surface area contributed by atoms with E-state index in [2.05, 4.69) is 32.4 Å². The van der Waals surface area contributed by atoms with Gasteiger partial charge in [-0.1, -0.05) is 11.6 Å².